The second-order valence-electron chi connectivity index (χ2n) is 12.6. The van der Waals surface area contributed by atoms with Gasteiger partial charge in [-0.15, -0.1) is 11.8 Å². The summed E-state index contributed by atoms with van der Waals surface area (Å²) >= 11 is 1.28. The molecule has 1 saturated heterocycles. The van der Waals surface area contributed by atoms with Gasteiger partial charge in [-0.05, 0) is 102 Å². The van der Waals surface area contributed by atoms with Crippen LogP contribution in [-0.2, 0) is 21.0 Å². The van der Waals surface area contributed by atoms with Gasteiger partial charge >= 0.3 is 0 Å². The van der Waals surface area contributed by atoms with Gasteiger partial charge in [0.2, 0.25) is 11.8 Å². The zero-order valence-corrected chi connectivity index (χ0v) is 30.8. The Morgan fingerprint density at radius 2 is 1.32 bits per heavy atom. The van der Waals surface area contributed by atoms with E-state index in [0.29, 0.717) is 46.2 Å². The van der Waals surface area contributed by atoms with E-state index in [1.165, 1.54) is 16.7 Å². The Hall–Kier alpha value is -7.11. The first kappa shape index (κ1) is 37.2. The van der Waals surface area contributed by atoms with Crippen molar-refractivity contribution in [2.45, 2.75) is 23.2 Å². The number of nitrogens with zero attached hydrogens (tertiary/aromatic N) is 3. The number of thioether (sulfide) groups is 1. The molecule has 1 unspecified atom stereocenters. The molecular weight excluding hydrogens is 723 g/mol. The fourth-order valence-corrected chi connectivity index (χ4v) is 6.79. The van der Waals surface area contributed by atoms with E-state index in [2.05, 4.69) is 20.9 Å². The third-order valence-corrected chi connectivity index (χ3v) is 9.81. The molecular formula is C45H35N5O5S. The molecule has 0 saturated carbocycles. The normalized spacial score (nSPS) is 14.2. The van der Waals surface area contributed by atoms with Crippen LogP contribution in [0.3, 0.4) is 0 Å². The largest absolute Gasteiger partial charge is 0.489 e. The summed E-state index contributed by atoms with van der Waals surface area (Å²) in [7, 11) is 0. The molecule has 4 amide bonds. The van der Waals surface area contributed by atoms with E-state index in [1.54, 1.807) is 109 Å². The topological polar surface area (TPSA) is 130 Å². The summed E-state index contributed by atoms with van der Waals surface area (Å²) in [4.78, 5) is 55.1. The molecule has 0 radical (unpaired) electrons. The standard InChI is InChI=1S/C45H35N5O5S/c51-42-29-41(45(54)50(42)37-22-18-36(19-23-37)49-48-35-14-8-3-9-15-35)56-39-26-20-34(21-27-39)46-44(53)40(47-43(52)33-12-6-2-7-13-33)28-31-16-24-38(25-17-31)55-30-32-10-4-1-5-11-32/h1-28,41H,29-30H2,(H,46,53)(H,47,52). The Kier molecular flexibility index (Phi) is 11.8. The lowest BCUT2D eigenvalue weighted by atomic mass is 10.1. The van der Waals surface area contributed by atoms with E-state index in [-0.39, 0.29) is 23.9 Å². The van der Waals surface area contributed by atoms with Crippen molar-refractivity contribution in [3.8, 4) is 5.75 Å². The van der Waals surface area contributed by atoms with E-state index in [4.69, 9.17) is 4.74 Å². The Morgan fingerprint density at radius 1 is 0.714 bits per heavy atom. The minimum atomic E-state index is -0.613. The van der Waals surface area contributed by atoms with E-state index >= 15 is 0 Å². The molecule has 0 aromatic heterocycles. The van der Waals surface area contributed by atoms with Gasteiger partial charge in [-0.3, -0.25) is 19.2 Å². The monoisotopic (exact) mass is 757 g/mol. The number of carbonyl (C=O) groups excluding carboxylic acids is 4. The number of hydrogen-bond acceptors (Lipinski definition) is 8. The van der Waals surface area contributed by atoms with Gasteiger partial charge in [0, 0.05) is 22.6 Å². The van der Waals surface area contributed by atoms with Crippen LogP contribution >= 0.6 is 11.8 Å². The molecule has 6 aromatic rings. The molecule has 0 aliphatic carbocycles. The van der Waals surface area contributed by atoms with Crippen LogP contribution in [-0.4, -0.2) is 28.9 Å². The van der Waals surface area contributed by atoms with Crippen LogP contribution in [0.1, 0.15) is 27.9 Å². The predicted octanol–water partition coefficient (Wildman–Crippen LogP) is 9.51. The molecule has 2 N–H and O–H groups in total. The second-order valence-corrected chi connectivity index (χ2v) is 13.9. The zero-order valence-electron chi connectivity index (χ0n) is 29.9. The van der Waals surface area contributed by atoms with E-state index < -0.39 is 17.1 Å². The Bertz CT molecular complexity index is 2370. The number of imide groups is 1. The molecule has 276 valence electrons. The highest BCUT2D eigenvalue weighted by Crippen LogP contribution is 2.35. The van der Waals surface area contributed by atoms with Crippen molar-refractivity contribution in [1.82, 2.24) is 5.32 Å². The number of amides is 4. The van der Waals surface area contributed by atoms with E-state index in [9.17, 15) is 19.2 Å². The molecule has 10 nitrogen and oxygen atoms in total. The van der Waals surface area contributed by atoms with Gasteiger partial charge in [-0.25, -0.2) is 4.90 Å². The smallest absolute Gasteiger partial charge is 0.272 e. The first-order valence-electron chi connectivity index (χ1n) is 17.7. The van der Waals surface area contributed by atoms with Crippen LogP contribution in [0.15, 0.2) is 185 Å². The summed E-state index contributed by atoms with van der Waals surface area (Å²) in [6.07, 6.45) is 1.64. The van der Waals surface area contributed by atoms with Crippen LogP contribution in [0.2, 0.25) is 0 Å². The van der Waals surface area contributed by atoms with Gasteiger partial charge in [0.25, 0.3) is 11.8 Å². The zero-order chi connectivity index (χ0) is 38.7. The number of carbonyl (C=O) groups is 4. The minimum Gasteiger partial charge on any atom is -0.489 e. The van der Waals surface area contributed by atoms with Gasteiger partial charge in [0.15, 0.2) is 0 Å². The predicted molar refractivity (Wildman–Crippen MR) is 218 cm³/mol. The summed E-state index contributed by atoms with van der Waals surface area (Å²) in [5, 5.41) is 13.4. The number of nitrogens with one attached hydrogen (secondary N) is 2. The van der Waals surface area contributed by atoms with Gasteiger partial charge in [-0.2, -0.15) is 10.2 Å². The fraction of sp³-hybridized carbons (Fsp3) is 0.0667. The Morgan fingerprint density at radius 3 is 1.98 bits per heavy atom. The lowest BCUT2D eigenvalue weighted by molar-refractivity contribution is -0.121. The van der Waals surface area contributed by atoms with Gasteiger partial charge in [-0.1, -0.05) is 78.9 Å². The lowest BCUT2D eigenvalue weighted by Crippen LogP contribution is -2.31. The van der Waals surface area contributed by atoms with Gasteiger partial charge < -0.3 is 15.4 Å². The molecule has 0 spiro atoms. The van der Waals surface area contributed by atoms with Crippen molar-refractivity contribution in [2.75, 3.05) is 10.2 Å². The molecule has 11 heteroatoms. The third kappa shape index (κ3) is 9.70. The van der Waals surface area contributed by atoms with Crippen molar-refractivity contribution in [3.63, 3.8) is 0 Å². The van der Waals surface area contributed by atoms with Crippen LogP contribution < -0.4 is 20.3 Å². The fourth-order valence-electron chi connectivity index (χ4n) is 5.74. The third-order valence-electron chi connectivity index (χ3n) is 8.61. The maximum Gasteiger partial charge on any atom is 0.272 e. The highest BCUT2D eigenvalue weighted by Gasteiger charge is 2.40. The first-order valence-corrected chi connectivity index (χ1v) is 18.6. The number of anilines is 2. The van der Waals surface area contributed by atoms with Crippen molar-refractivity contribution < 1.29 is 23.9 Å². The SMILES string of the molecule is O=C(Nc1ccc(SC2CC(=O)N(c3ccc(N=Nc4ccccc4)cc3)C2=O)cc1)C(=Cc1ccc(OCc2ccccc2)cc1)NC(=O)c1ccccc1. The number of hydrogen-bond donors (Lipinski definition) is 2. The summed E-state index contributed by atoms with van der Waals surface area (Å²) in [5.74, 6) is -0.900. The lowest BCUT2D eigenvalue weighted by Gasteiger charge is -2.15. The van der Waals surface area contributed by atoms with Gasteiger partial charge in [0.1, 0.15) is 18.1 Å². The average molecular weight is 758 g/mol. The summed E-state index contributed by atoms with van der Waals surface area (Å²) < 4.78 is 5.90. The molecule has 1 aliphatic rings. The molecule has 56 heavy (non-hydrogen) atoms. The molecule has 6 aromatic carbocycles. The molecule has 7 rings (SSSR count). The number of ether oxygens (including phenoxy) is 1. The van der Waals surface area contributed by atoms with Crippen LogP contribution in [0.4, 0.5) is 22.7 Å². The average Bonchev–Trinajstić information content (AvgIpc) is 3.52. The Balaban J connectivity index is 0.989. The maximum absolute atomic E-state index is 13.6. The molecule has 1 aliphatic heterocycles. The van der Waals surface area contributed by atoms with E-state index in [1.807, 2.05) is 60.7 Å². The van der Waals surface area contributed by atoms with E-state index in [0.717, 1.165) is 10.5 Å². The van der Waals surface area contributed by atoms with Crippen molar-refractivity contribution >= 4 is 64.2 Å². The van der Waals surface area contributed by atoms with Crippen LogP contribution in [0.25, 0.3) is 6.08 Å². The second kappa shape index (κ2) is 17.8. The van der Waals surface area contributed by atoms with Crippen LogP contribution in [0.5, 0.6) is 5.75 Å². The number of rotatable bonds is 13. The molecule has 1 fully saturated rings. The number of azo groups is 1. The van der Waals surface area contributed by atoms with Gasteiger partial charge in [0.05, 0.1) is 22.3 Å². The summed E-state index contributed by atoms with van der Waals surface area (Å²) in [5.41, 5.74) is 4.41. The van der Waals surface area contributed by atoms with Crippen molar-refractivity contribution in [1.29, 1.82) is 0 Å². The summed E-state index contributed by atoms with van der Waals surface area (Å²) in [6.45, 7) is 0.417. The van der Waals surface area contributed by atoms with Crippen molar-refractivity contribution in [2.24, 2.45) is 10.2 Å². The Labute approximate surface area is 327 Å². The molecule has 1 heterocycles. The first-order chi connectivity index (χ1) is 27.4. The molecule has 1 atom stereocenters. The van der Waals surface area contributed by atoms with Crippen LogP contribution in [0, 0.1) is 0 Å². The minimum absolute atomic E-state index is 0.0395. The van der Waals surface area contributed by atoms with Crippen molar-refractivity contribution in [3.05, 3.63) is 186 Å². The highest BCUT2D eigenvalue weighted by molar-refractivity contribution is 8.00. The maximum atomic E-state index is 13.6. The highest BCUT2D eigenvalue weighted by atomic mass is 32.2. The quantitative estimate of drug-likeness (QED) is 0.0686. The summed E-state index contributed by atoms with van der Waals surface area (Å²) in [6, 6.07) is 48.8. The molecule has 0 bridgehead atoms. The number of benzene rings is 6.